The number of anilines is 1. The molecule has 1 aromatic carbocycles. The fourth-order valence-corrected chi connectivity index (χ4v) is 3.68. The first-order valence-corrected chi connectivity index (χ1v) is 9.93. The van der Waals surface area contributed by atoms with Crippen molar-refractivity contribution >= 4 is 23.5 Å². The molecule has 0 saturated carbocycles. The van der Waals surface area contributed by atoms with Gasteiger partial charge in [-0.3, -0.25) is 9.59 Å². The van der Waals surface area contributed by atoms with Crippen molar-refractivity contribution < 1.29 is 18.9 Å². The van der Waals surface area contributed by atoms with Crippen molar-refractivity contribution in [2.75, 3.05) is 18.9 Å². The second-order valence-corrected chi connectivity index (χ2v) is 7.63. The van der Waals surface area contributed by atoms with Crippen molar-refractivity contribution in [2.45, 2.75) is 32.9 Å². The van der Waals surface area contributed by atoms with Gasteiger partial charge in [-0.25, -0.2) is 14.7 Å². The van der Waals surface area contributed by atoms with E-state index >= 15 is 0 Å². The van der Waals surface area contributed by atoms with Gasteiger partial charge >= 0.3 is 6.03 Å². The molecule has 1 atom stereocenters. The van der Waals surface area contributed by atoms with Gasteiger partial charge in [0.05, 0.1) is 30.9 Å². The van der Waals surface area contributed by atoms with E-state index in [2.05, 4.69) is 15.8 Å². The highest BCUT2D eigenvalue weighted by atomic mass is 16.5. The number of likely N-dealkylation sites (N-methyl/N-ethyl adjacent to an activating group) is 1. The SMILES string of the molecule is Cc1noc(C)c1CN1C=C(N2C(=O)NC(CC(=O)Nc3ccccc3)C2=O)CN1C. The smallest absolute Gasteiger partial charge is 0.329 e. The molecule has 1 fully saturated rings. The van der Waals surface area contributed by atoms with Crippen molar-refractivity contribution in [3.05, 3.63) is 59.2 Å². The number of aryl methyl sites for hydroxylation is 2. The molecule has 2 aliphatic rings. The van der Waals surface area contributed by atoms with E-state index < -0.39 is 18.0 Å². The second-order valence-electron chi connectivity index (χ2n) is 7.63. The number of aromatic nitrogens is 1. The van der Waals surface area contributed by atoms with Crippen molar-refractivity contribution in [1.82, 2.24) is 25.4 Å². The predicted octanol–water partition coefficient (Wildman–Crippen LogP) is 1.74. The van der Waals surface area contributed by atoms with Crippen molar-refractivity contribution in [1.29, 1.82) is 0 Å². The molecular formula is C21H24N6O4. The van der Waals surface area contributed by atoms with Gasteiger partial charge in [-0.1, -0.05) is 23.4 Å². The Morgan fingerprint density at radius 1 is 1.26 bits per heavy atom. The minimum atomic E-state index is -0.904. The van der Waals surface area contributed by atoms with Crippen LogP contribution in [0.1, 0.15) is 23.4 Å². The molecule has 0 spiro atoms. The van der Waals surface area contributed by atoms with Gasteiger partial charge in [-0.15, -0.1) is 0 Å². The van der Waals surface area contributed by atoms with E-state index in [-0.39, 0.29) is 12.3 Å². The number of urea groups is 1. The summed E-state index contributed by atoms with van der Waals surface area (Å²) in [4.78, 5) is 38.8. The fourth-order valence-electron chi connectivity index (χ4n) is 3.68. The third-order valence-corrected chi connectivity index (χ3v) is 5.38. The molecule has 10 heteroatoms. The molecule has 2 aliphatic heterocycles. The number of nitrogens with one attached hydrogen (secondary N) is 2. The molecule has 0 radical (unpaired) electrons. The maximum Gasteiger partial charge on any atom is 0.329 e. The van der Waals surface area contributed by atoms with Crippen LogP contribution in [0.3, 0.4) is 0 Å². The standard InChI is InChI=1S/C21H24N6O4/c1-13-17(14(2)31-24-13)12-26-11-16(10-25(26)3)27-20(29)18(23-21(27)30)9-19(28)22-15-7-5-4-6-8-15/h4-8,11,18H,9-10,12H2,1-3H3,(H,22,28)(H,23,30). The summed E-state index contributed by atoms with van der Waals surface area (Å²) in [5.74, 6) is -0.0523. The zero-order chi connectivity index (χ0) is 22.1. The molecule has 0 aliphatic carbocycles. The normalized spacial score (nSPS) is 19.1. The maximum absolute atomic E-state index is 12.9. The lowest BCUT2D eigenvalue weighted by Gasteiger charge is -2.24. The number of hydrogen-bond acceptors (Lipinski definition) is 7. The van der Waals surface area contributed by atoms with Crippen LogP contribution in [-0.4, -0.2) is 57.6 Å². The highest BCUT2D eigenvalue weighted by Crippen LogP contribution is 2.25. The number of nitrogens with zero attached hydrogens (tertiary/aromatic N) is 4. The molecule has 31 heavy (non-hydrogen) atoms. The summed E-state index contributed by atoms with van der Waals surface area (Å²) >= 11 is 0. The highest BCUT2D eigenvalue weighted by Gasteiger charge is 2.42. The first-order chi connectivity index (χ1) is 14.8. The Hall–Kier alpha value is -3.66. The number of hydrazine groups is 1. The van der Waals surface area contributed by atoms with Crippen LogP contribution in [0.5, 0.6) is 0 Å². The molecule has 1 saturated heterocycles. The zero-order valence-electron chi connectivity index (χ0n) is 17.6. The Morgan fingerprint density at radius 3 is 2.68 bits per heavy atom. The van der Waals surface area contributed by atoms with Gasteiger partial charge in [0.1, 0.15) is 11.8 Å². The number of carbonyl (C=O) groups is 3. The van der Waals surface area contributed by atoms with Crippen molar-refractivity contribution in [2.24, 2.45) is 0 Å². The van der Waals surface area contributed by atoms with E-state index in [1.165, 1.54) is 0 Å². The average molecular weight is 424 g/mol. The van der Waals surface area contributed by atoms with E-state index in [0.29, 0.717) is 24.5 Å². The van der Waals surface area contributed by atoms with Gasteiger partial charge in [-0.05, 0) is 26.0 Å². The summed E-state index contributed by atoms with van der Waals surface area (Å²) in [7, 11) is 1.87. The summed E-state index contributed by atoms with van der Waals surface area (Å²) in [6.07, 6.45) is 1.62. The number of imide groups is 1. The quantitative estimate of drug-likeness (QED) is 0.680. The van der Waals surface area contributed by atoms with Crippen molar-refractivity contribution in [3.63, 3.8) is 0 Å². The summed E-state index contributed by atoms with van der Waals surface area (Å²) < 4.78 is 5.21. The van der Waals surface area contributed by atoms with Gasteiger partial charge in [0.2, 0.25) is 5.91 Å². The van der Waals surface area contributed by atoms with Crippen LogP contribution < -0.4 is 10.6 Å². The molecule has 4 amide bonds. The van der Waals surface area contributed by atoms with E-state index in [1.807, 2.05) is 37.0 Å². The maximum atomic E-state index is 12.9. The summed E-state index contributed by atoms with van der Waals surface area (Å²) in [5.41, 5.74) is 2.93. The van der Waals surface area contributed by atoms with Gasteiger partial charge in [0, 0.05) is 24.5 Å². The minimum absolute atomic E-state index is 0.137. The van der Waals surface area contributed by atoms with Crippen LogP contribution in [0.15, 0.2) is 46.8 Å². The largest absolute Gasteiger partial charge is 0.361 e. The molecule has 10 nitrogen and oxygen atoms in total. The lowest BCUT2D eigenvalue weighted by molar-refractivity contribution is -0.128. The number of carbonyl (C=O) groups excluding carboxylic acids is 3. The van der Waals surface area contributed by atoms with Crippen LogP contribution in [0, 0.1) is 13.8 Å². The molecule has 0 bridgehead atoms. The molecule has 2 aromatic rings. The number of rotatable bonds is 6. The summed E-state index contributed by atoms with van der Waals surface area (Å²) in [5, 5.41) is 13.1. The topological polar surface area (TPSA) is 111 Å². The van der Waals surface area contributed by atoms with Crippen LogP contribution >= 0.6 is 0 Å². The Labute approximate surface area is 179 Å². The first-order valence-electron chi connectivity index (χ1n) is 9.93. The van der Waals surface area contributed by atoms with Crippen LogP contribution in [-0.2, 0) is 16.1 Å². The molecular weight excluding hydrogens is 400 g/mol. The third kappa shape index (κ3) is 4.15. The van der Waals surface area contributed by atoms with Crippen molar-refractivity contribution in [3.8, 4) is 0 Å². The molecule has 162 valence electrons. The van der Waals surface area contributed by atoms with E-state index in [9.17, 15) is 14.4 Å². The average Bonchev–Trinajstić information content (AvgIpc) is 3.33. The number of para-hydroxylation sites is 1. The van der Waals surface area contributed by atoms with Gasteiger partial charge in [0.25, 0.3) is 5.91 Å². The zero-order valence-corrected chi connectivity index (χ0v) is 17.6. The number of hydrogen-bond donors (Lipinski definition) is 2. The lowest BCUT2D eigenvalue weighted by atomic mass is 10.2. The highest BCUT2D eigenvalue weighted by molar-refractivity contribution is 6.08. The monoisotopic (exact) mass is 424 g/mol. The van der Waals surface area contributed by atoms with Crippen LogP contribution in [0.25, 0.3) is 0 Å². The van der Waals surface area contributed by atoms with Gasteiger partial charge in [-0.2, -0.15) is 0 Å². The number of benzene rings is 1. The third-order valence-electron chi connectivity index (χ3n) is 5.38. The predicted molar refractivity (Wildman–Crippen MR) is 111 cm³/mol. The van der Waals surface area contributed by atoms with Crippen LogP contribution in [0.4, 0.5) is 10.5 Å². The molecule has 1 aromatic heterocycles. The molecule has 2 N–H and O–H groups in total. The number of amides is 4. The fraction of sp³-hybridized carbons (Fsp3) is 0.333. The minimum Gasteiger partial charge on any atom is -0.361 e. The summed E-state index contributed by atoms with van der Waals surface area (Å²) in [6, 6.07) is 7.53. The summed E-state index contributed by atoms with van der Waals surface area (Å²) in [6.45, 7) is 4.60. The molecule has 4 rings (SSSR count). The van der Waals surface area contributed by atoms with E-state index in [0.717, 1.165) is 21.9 Å². The first kappa shape index (κ1) is 20.6. The Bertz CT molecular complexity index is 1030. The second kappa shape index (κ2) is 8.23. The molecule has 1 unspecified atom stereocenters. The molecule has 3 heterocycles. The lowest BCUT2D eigenvalue weighted by Crippen LogP contribution is -2.35. The Balaban J connectivity index is 1.43. The van der Waals surface area contributed by atoms with Crippen LogP contribution in [0.2, 0.25) is 0 Å². The van der Waals surface area contributed by atoms with E-state index in [1.54, 1.807) is 30.5 Å². The van der Waals surface area contributed by atoms with Gasteiger partial charge in [0.15, 0.2) is 0 Å². The van der Waals surface area contributed by atoms with E-state index in [4.69, 9.17) is 4.52 Å². The Kier molecular flexibility index (Phi) is 5.47. The Morgan fingerprint density at radius 2 is 2.00 bits per heavy atom. The van der Waals surface area contributed by atoms with Gasteiger partial charge < -0.3 is 20.2 Å².